The van der Waals surface area contributed by atoms with E-state index in [4.69, 9.17) is 0 Å². The predicted molar refractivity (Wildman–Crippen MR) is 352 cm³/mol. The summed E-state index contributed by atoms with van der Waals surface area (Å²) in [5.41, 5.74) is 0. The summed E-state index contributed by atoms with van der Waals surface area (Å²) < 4.78 is 0. The van der Waals surface area contributed by atoms with Crippen molar-refractivity contribution in [1.29, 1.82) is 0 Å². The monoisotopic (exact) mass is 1190 g/mol. The number of hydrogen-bond acceptors (Lipinski definition) is 11. The van der Waals surface area contributed by atoms with Crippen LogP contribution in [0.1, 0.15) is 310 Å². The number of nitrogens with zero attached hydrogens (tertiary/aromatic N) is 3. The molecule has 0 rings (SSSR count). The van der Waals surface area contributed by atoms with Crippen LogP contribution in [-0.4, -0.2) is 169 Å². The number of hydrogen-bond donors (Lipinski definition) is 8. The maximum atomic E-state index is 13.1. The first-order valence-electron chi connectivity index (χ1n) is 35.9. The molecular weight excluding hydrogens is 1050 g/mol. The maximum absolute atomic E-state index is 13.1. The Labute approximate surface area is 517 Å². The summed E-state index contributed by atoms with van der Waals surface area (Å²) in [6, 6.07) is 0. The summed E-state index contributed by atoms with van der Waals surface area (Å²) in [7, 11) is 2.06. The molecule has 498 valence electrons. The van der Waals surface area contributed by atoms with Crippen LogP contribution < -0.4 is 21.3 Å². The molecule has 0 aromatic carbocycles. The van der Waals surface area contributed by atoms with E-state index in [-0.39, 0.29) is 26.2 Å². The van der Waals surface area contributed by atoms with Gasteiger partial charge in [-0.1, -0.05) is 259 Å². The van der Waals surface area contributed by atoms with E-state index in [1.54, 1.807) is 0 Å². The van der Waals surface area contributed by atoms with Crippen molar-refractivity contribution in [3.8, 4) is 0 Å². The molecule has 0 spiro atoms. The third-order valence-electron chi connectivity index (χ3n) is 16.8. The van der Waals surface area contributed by atoms with E-state index in [0.717, 1.165) is 116 Å². The van der Waals surface area contributed by atoms with Gasteiger partial charge in [-0.3, -0.25) is 29.0 Å². The quantitative estimate of drug-likeness (QED) is 0.0269. The van der Waals surface area contributed by atoms with E-state index in [1.807, 2.05) is 9.80 Å². The van der Waals surface area contributed by atoms with Crippen LogP contribution in [0.15, 0.2) is 0 Å². The molecule has 0 saturated carbocycles. The fourth-order valence-electron chi connectivity index (χ4n) is 11.1. The van der Waals surface area contributed by atoms with Gasteiger partial charge in [0, 0.05) is 52.4 Å². The first-order valence-corrected chi connectivity index (χ1v) is 35.9. The van der Waals surface area contributed by atoms with Gasteiger partial charge in [-0.2, -0.15) is 0 Å². The number of rotatable bonds is 66. The molecule has 0 saturated heterocycles. The van der Waals surface area contributed by atoms with Crippen LogP contribution in [0.4, 0.5) is 0 Å². The highest BCUT2D eigenvalue weighted by atomic mass is 16.3. The third-order valence-corrected chi connectivity index (χ3v) is 16.8. The number of aliphatic hydroxyl groups excluding tert-OH is 4. The Kier molecular flexibility index (Phi) is 60.4. The van der Waals surface area contributed by atoms with Crippen LogP contribution in [0, 0.1) is 0 Å². The molecule has 0 aliphatic carbocycles. The molecular formula is C69H139N7O8. The van der Waals surface area contributed by atoms with Crippen LogP contribution in [0.25, 0.3) is 0 Å². The lowest BCUT2D eigenvalue weighted by Crippen LogP contribution is -2.48. The highest BCUT2D eigenvalue weighted by Crippen LogP contribution is 2.15. The minimum Gasteiger partial charge on any atom is -0.382 e. The third kappa shape index (κ3) is 53.8. The second-order valence-corrected chi connectivity index (χ2v) is 25.2. The van der Waals surface area contributed by atoms with Crippen molar-refractivity contribution in [3.63, 3.8) is 0 Å². The lowest BCUT2D eigenvalue weighted by Gasteiger charge is -2.27. The molecule has 4 amide bonds. The number of nitrogens with one attached hydrogen (secondary N) is 4. The minimum absolute atomic E-state index is 0.0183. The van der Waals surface area contributed by atoms with Gasteiger partial charge < -0.3 is 46.6 Å². The summed E-state index contributed by atoms with van der Waals surface area (Å²) >= 11 is 0. The standard InChI is InChI=1S/C69H139N7O8/c1-6-10-14-18-22-26-30-34-38-42-50-70-66(81)62(77)58-75(59-63(78)67(82)71-51-43-39-35-31-27-23-19-15-11-7-2)56-48-46-54-74(5)55-47-49-57-76(60-64(79)68(83)72-52-44-40-36-32-28-24-20-16-12-8-3)61-65(80)69(84)73-53-45-41-37-33-29-25-21-17-13-9-4/h62-65,77-80H,6-61H2,1-5H3,(H,70,81)(H,71,82)(H,72,83)(H,73,84). The first kappa shape index (κ1) is 81.6. The molecule has 0 bridgehead atoms. The summed E-state index contributed by atoms with van der Waals surface area (Å²) in [5, 5.41) is 55.8. The van der Waals surface area contributed by atoms with Crippen LogP contribution >= 0.6 is 0 Å². The smallest absolute Gasteiger partial charge is 0.250 e. The topological polar surface area (TPSA) is 207 Å². The van der Waals surface area contributed by atoms with Crippen LogP contribution in [0.2, 0.25) is 0 Å². The van der Waals surface area contributed by atoms with Gasteiger partial charge in [0.1, 0.15) is 24.4 Å². The molecule has 4 unspecified atom stereocenters. The predicted octanol–water partition coefficient (Wildman–Crippen LogP) is 12.7. The number of unbranched alkanes of at least 4 members (excludes halogenated alkanes) is 38. The zero-order valence-electron chi connectivity index (χ0n) is 55.7. The van der Waals surface area contributed by atoms with Crippen LogP contribution in [0.3, 0.4) is 0 Å². The molecule has 84 heavy (non-hydrogen) atoms. The minimum atomic E-state index is -1.29. The summed E-state index contributed by atoms with van der Waals surface area (Å²) in [4.78, 5) is 58.1. The molecule has 0 heterocycles. The van der Waals surface area contributed by atoms with Crippen molar-refractivity contribution in [3.05, 3.63) is 0 Å². The van der Waals surface area contributed by atoms with Gasteiger partial charge >= 0.3 is 0 Å². The van der Waals surface area contributed by atoms with Crippen molar-refractivity contribution in [2.45, 2.75) is 335 Å². The molecule has 4 atom stereocenters. The molecule has 0 aliphatic rings. The second kappa shape index (κ2) is 62.2. The average Bonchev–Trinajstić information content (AvgIpc) is 3.52. The van der Waals surface area contributed by atoms with E-state index in [1.165, 1.54) is 180 Å². The normalized spacial score (nSPS) is 13.2. The Hall–Kier alpha value is -2.40. The van der Waals surface area contributed by atoms with E-state index in [9.17, 15) is 39.6 Å². The largest absolute Gasteiger partial charge is 0.382 e. The molecule has 15 nitrogen and oxygen atoms in total. The molecule has 0 radical (unpaired) electrons. The molecule has 0 aromatic rings. The van der Waals surface area contributed by atoms with Gasteiger partial charge in [-0.15, -0.1) is 0 Å². The maximum Gasteiger partial charge on any atom is 0.250 e. The summed E-state index contributed by atoms with van der Waals surface area (Å²) in [5.74, 6) is -1.71. The van der Waals surface area contributed by atoms with Crippen molar-refractivity contribution in [1.82, 2.24) is 36.0 Å². The lowest BCUT2D eigenvalue weighted by molar-refractivity contribution is -0.133. The Balaban J connectivity index is 5.28. The van der Waals surface area contributed by atoms with E-state index < -0.39 is 48.0 Å². The van der Waals surface area contributed by atoms with Gasteiger partial charge in [0.25, 0.3) is 0 Å². The molecule has 15 heteroatoms. The van der Waals surface area contributed by atoms with Gasteiger partial charge in [-0.25, -0.2) is 0 Å². The Bertz CT molecular complexity index is 1270. The fourth-order valence-corrected chi connectivity index (χ4v) is 11.1. The number of carbonyl (C=O) groups excluding carboxylic acids is 4. The highest BCUT2D eigenvalue weighted by molar-refractivity contribution is 5.82. The molecule has 0 aromatic heterocycles. The van der Waals surface area contributed by atoms with E-state index in [0.29, 0.717) is 39.3 Å². The molecule has 0 fully saturated rings. The molecule has 0 aliphatic heterocycles. The second-order valence-electron chi connectivity index (χ2n) is 25.2. The highest BCUT2D eigenvalue weighted by Gasteiger charge is 2.25. The van der Waals surface area contributed by atoms with E-state index in [2.05, 4.69) is 60.9 Å². The van der Waals surface area contributed by atoms with Crippen molar-refractivity contribution >= 4 is 23.6 Å². The van der Waals surface area contributed by atoms with E-state index >= 15 is 0 Å². The SMILES string of the molecule is CCCCCCCCCCCCNC(=O)C(O)CN(CCCCN(C)CCCCN(CC(O)C(=O)NCCCCCCCCCCCC)CC(O)C(=O)NCCCCCCCCCCCC)CC(O)C(=O)NCCCCCCCCCCCC. The zero-order valence-corrected chi connectivity index (χ0v) is 55.7. The number of carbonyl (C=O) groups is 4. The van der Waals surface area contributed by atoms with Gasteiger partial charge in [-0.05, 0) is 84.6 Å². The fraction of sp³-hybridized carbons (Fsp3) is 0.942. The number of aliphatic hydroxyl groups is 4. The average molecular weight is 1190 g/mol. The first-order chi connectivity index (χ1) is 40.9. The van der Waals surface area contributed by atoms with Gasteiger partial charge in [0.2, 0.25) is 23.6 Å². The molecule has 8 N–H and O–H groups in total. The lowest BCUT2D eigenvalue weighted by atomic mass is 10.1. The Morgan fingerprint density at radius 1 is 0.262 bits per heavy atom. The van der Waals surface area contributed by atoms with Crippen LogP contribution in [-0.2, 0) is 19.2 Å². The summed E-state index contributed by atoms with van der Waals surface area (Å²) in [6.07, 6.45) is 46.0. The number of amides is 4. The van der Waals surface area contributed by atoms with Gasteiger partial charge in [0.15, 0.2) is 0 Å². The van der Waals surface area contributed by atoms with Crippen LogP contribution in [0.5, 0.6) is 0 Å². The van der Waals surface area contributed by atoms with Gasteiger partial charge in [0.05, 0.1) is 0 Å². The Morgan fingerprint density at radius 3 is 0.619 bits per heavy atom. The zero-order chi connectivity index (χ0) is 61.8. The summed E-state index contributed by atoms with van der Waals surface area (Å²) in [6.45, 7) is 13.6. The Morgan fingerprint density at radius 2 is 0.429 bits per heavy atom. The van der Waals surface area contributed by atoms with Crippen molar-refractivity contribution in [2.24, 2.45) is 0 Å². The van der Waals surface area contributed by atoms with Crippen molar-refractivity contribution < 1.29 is 39.6 Å². The van der Waals surface area contributed by atoms with Crippen molar-refractivity contribution in [2.75, 3.05) is 85.6 Å².